The van der Waals surface area contributed by atoms with Crippen LogP contribution in [-0.4, -0.2) is 53.1 Å². The highest BCUT2D eigenvalue weighted by molar-refractivity contribution is 5.08. The molecule has 1 saturated carbocycles. The highest BCUT2D eigenvalue weighted by Gasteiger charge is 2.66. The van der Waals surface area contributed by atoms with Crippen molar-refractivity contribution in [1.82, 2.24) is 0 Å². The minimum Gasteiger partial charge on any atom is -0.394 e. The summed E-state index contributed by atoms with van der Waals surface area (Å²) in [5, 5.41) is 27.9. The van der Waals surface area contributed by atoms with Crippen molar-refractivity contribution in [3.05, 3.63) is 0 Å². The van der Waals surface area contributed by atoms with Crippen LogP contribution in [0.5, 0.6) is 0 Å². The van der Waals surface area contributed by atoms with E-state index in [2.05, 4.69) is 0 Å². The molecule has 0 bridgehead atoms. The number of methoxy groups -OCH3 is 1. The molecule has 0 aromatic heterocycles. The number of hydrogen-bond acceptors (Lipinski definition) is 5. The van der Waals surface area contributed by atoms with Crippen LogP contribution in [0, 0.1) is 5.92 Å². The summed E-state index contributed by atoms with van der Waals surface area (Å²) in [7, 11) is 1.50. The number of rotatable bonds is 2. The molecular weight excluding hydrogens is 176 g/mol. The number of aliphatic hydroxyl groups is 3. The quantitative estimate of drug-likeness (QED) is 0.492. The molecule has 1 aliphatic heterocycles. The van der Waals surface area contributed by atoms with Crippen LogP contribution in [0.2, 0.25) is 0 Å². The topological polar surface area (TPSA) is 79.2 Å². The smallest absolute Gasteiger partial charge is 0.174 e. The van der Waals surface area contributed by atoms with Crippen molar-refractivity contribution in [1.29, 1.82) is 0 Å². The van der Waals surface area contributed by atoms with Gasteiger partial charge in [0.25, 0.3) is 0 Å². The summed E-state index contributed by atoms with van der Waals surface area (Å²) >= 11 is 0. The average Bonchev–Trinajstić information content (AvgIpc) is 2.87. The van der Waals surface area contributed by atoms with Gasteiger partial charge in [0.1, 0.15) is 12.2 Å². The predicted octanol–water partition coefficient (Wildman–Crippen LogP) is -1.54. The normalized spacial score (nSPS) is 54.5. The lowest BCUT2D eigenvalue weighted by atomic mass is 10.0. The number of aliphatic hydroxyl groups excluding tert-OH is 3. The Morgan fingerprint density at radius 1 is 1.46 bits per heavy atom. The summed E-state index contributed by atoms with van der Waals surface area (Å²) in [5.41, 5.74) is 0. The SMILES string of the molecule is CO[C@@]12CC1C(O)C(O)C(CO)O2. The molecule has 0 spiro atoms. The van der Waals surface area contributed by atoms with Crippen molar-refractivity contribution in [2.24, 2.45) is 5.92 Å². The van der Waals surface area contributed by atoms with Gasteiger partial charge in [-0.05, 0) is 0 Å². The van der Waals surface area contributed by atoms with Crippen LogP contribution in [0.1, 0.15) is 6.42 Å². The second kappa shape index (κ2) is 2.90. The highest BCUT2D eigenvalue weighted by Crippen LogP contribution is 2.54. The maximum absolute atomic E-state index is 9.56. The van der Waals surface area contributed by atoms with Crippen molar-refractivity contribution >= 4 is 0 Å². The lowest BCUT2D eigenvalue weighted by molar-refractivity contribution is -0.262. The van der Waals surface area contributed by atoms with Gasteiger partial charge in [-0.2, -0.15) is 0 Å². The van der Waals surface area contributed by atoms with Gasteiger partial charge >= 0.3 is 0 Å². The van der Waals surface area contributed by atoms with E-state index in [1.54, 1.807) is 0 Å². The van der Waals surface area contributed by atoms with Gasteiger partial charge in [0.2, 0.25) is 0 Å². The minimum absolute atomic E-state index is 0.157. The van der Waals surface area contributed by atoms with Crippen LogP contribution in [0.3, 0.4) is 0 Å². The van der Waals surface area contributed by atoms with Gasteiger partial charge in [-0.15, -0.1) is 0 Å². The van der Waals surface area contributed by atoms with Crippen molar-refractivity contribution in [3.8, 4) is 0 Å². The van der Waals surface area contributed by atoms with E-state index in [9.17, 15) is 10.2 Å². The largest absolute Gasteiger partial charge is 0.394 e. The first-order valence-corrected chi connectivity index (χ1v) is 4.34. The number of fused-ring (bicyclic) bond motifs is 1. The molecule has 0 radical (unpaired) electrons. The van der Waals surface area contributed by atoms with Gasteiger partial charge in [-0.25, -0.2) is 0 Å². The fraction of sp³-hybridized carbons (Fsp3) is 1.00. The summed E-state index contributed by atoms with van der Waals surface area (Å²) in [6.07, 6.45) is -2.03. The van der Waals surface area contributed by atoms with Crippen LogP contribution in [-0.2, 0) is 9.47 Å². The molecule has 2 aliphatic rings. The Bertz CT molecular complexity index is 207. The van der Waals surface area contributed by atoms with Crippen molar-refractivity contribution in [2.45, 2.75) is 30.5 Å². The van der Waals surface area contributed by atoms with E-state index in [4.69, 9.17) is 14.6 Å². The molecule has 4 unspecified atom stereocenters. The molecule has 13 heavy (non-hydrogen) atoms. The van der Waals surface area contributed by atoms with E-state index < -0.39 is 24.1 Å². The van der Waals surface area contributed by atoms with E-state index in [-0.39, 0.29) is 12.5 Å². The van der Waals surface area contributed by atoms with Crippen LogP contribution in [0.4, 0.5) is 0 Å². The molecule has 1 heterocycles. The second-order valence-electron chi connectivity index (χ2n) is 3.65. The first-order valence-electron chi connectivity index (χ1n) is 4.34. The Balaban J connectivity index is 2.11. The Hall–Kier alpha value is -0.200. The monoisotopic (exact) mass is 190 g/mol. The molecule has 0 aromatic carbocycles. The molecule has 5 nitrogen and oxygen atoms in total. The lowest BCUT2D eigenvalue weighted by Gasteiger charge is -2.35. The predicted molar refractivity (Wildman–Crippen MR) is 41.8 cm³/mol. The molecule has 5 atom stereocenters. The van der Waals surface area contributed by atoms with Gasteiger partial charge in [-0.3, -0.25) is 0 Å². The Kier molecular flexibility index (Phi) is 2.08. The van der Waals surface area contributed by atoms with Gasteiger partial charge in [0.05, 0.1) is 12.7 Å². The Labute approximate surface area is 75.9 Å². The van der Waals surface area contributed by atoms with Crippen LogP contribution < -0.4 is 0 Å². The highest BCUT2D eigenvalue weighted by atomic mass is 16.7. The Morgan fingerprint density at radius 3 is 2.69 bits per heavy atom. The van der Waals surface area contributed by atoms with Gasteiger partial charge in [-0.1, -0.05) is 0 Å². The zero-order chi connectivity index (χ0) is 9.64. The second-order valence-corrected chi connectivity index (χ2v) is 3.65. The van der Waals surface area contributed by atoms with Gasteiger partial charge < -0.3 is 24.8 Å². The van der Waals surface area contributed by atoms with Crippen LogP contribution in [0.25, 0.3) is 0 Å². The summed E-state index contributed by atoms with van der Waals surface area (Å²) in [5.74, 6) is -0.915. The molecule has 0 aromatic rings. The van der Waals surface area contributed by atoms with E-state index in [1.807, 2.05) is 0 Å². The molecule has 5 heteroatoms. The van der Waals surface area contributed by atoms with E-state index >= 15 is 0 Å². The van der Waals surface area contributed by atoms with Crippen LogP contribution >= 0.6 is 0 Å². The summed E-state index contributed by atoms with van der Waals surface area (Å²) in [6.45, 7) is -0.309. The fourth-order valence-corrected chi connectivity index (χ4v) is 1.98. The number of hydrogen-bond donors (Lipinski definition) is 3. The minimum atomic E-state index is -1.01. The molecule has 1 aliphatic carbocycles. The van der Waals surface area contributed by atoms with Gasteiger partial charge in [0.15, 0.2) is 5.79 Å². The van der Waals surface area contributed by atoms with Crippen LogP contribution in [0.15, 0.2) is 0 Å². The third kappa shape index (κ3) is 1.19. The molecule has 76 valence electrons. The van der Waals surface area contributed by atoms with Crippen molar-refractivity contribution in [3.63, 3.8) is 0 Å². The molecule has 0 amide bonds. The molecule has 1 saturated heterocycles. The lowest BCUT2D eigenvalue weighted by Crippen LogP contribution is -2.51. The standard InChI is InChI=1S/C8H14O5/c1-12-8-2-4(8)6(10)7(11)5(3-9)13-8/h4-7,9-11H,2-3H2,1H3/t4?,5?,6?,7?,8-/m1/s1. The van der Waals surface area contributed by atoms with E-state index in [0.29, 0.717) is 6.42 Å². The fourth-order valence-electron chi connectivity index (χ4n) is 1.98. The molecule has 2 rings (SSSR count). The summed E-state index contributed by atoms with van der Waals surface area (Å²) in [4.78, 5) is 0. The first kappa shape index (κ1) is 9.36. The molecular formula is C8H14O5. The van der Waals surface area contributed by atoms with E-state index in [1.165, 1.54) is 7.11 Å². The number of ether oxygens (including phenoxy) is 2. The first-order chi connectivity index (χ1) is 6.14. The summed E-state index contributed by atoms with van der Waals surface area (Å²) in [6, 6.07) is 0. The zero-order valence-corrected chi connectivity index (χ0v) is 7.38. The third-order valence-corrected chi connectivity index (χ3v) is 2.93. The van der Waals surface area contributed by atoms with Gasteiger partial charge in [0, 0.05) is 19.4 Å². The molecule has 3 N–H and O–H groups in total. The van der Waals surface area contributed by atoms with Crippen molar-refractivity contribution in [2.75, 3.05) is 13.7 Å². The Morgan fingerprint density at radius 2 is 2.15 bits per heavy atom. The average molecular weight is 190 g/mol. The van der Waals surface area contributed by atoms with E-state index in [0.717, 1.165) is 0 Å². The maximum Gasteiger partial charge on any atom is 0.174 e. The van der Waals surface area contributed by atoms with Crippen molar-refractivity contribution < 1.29 is 24.8 Å². The third-order valence-electron chi connectivity index (χ3n) is 2.93. The molecule has 2 fully saturated rings. The summed E-state index contributed by atoms with van der Waals surface area (Å²) < 4.78 is 10.4. The maximum atomic E-state index is 9.56. The zero-order valence-electron chi connectivity index (χ0n) is 7.38.